The number of benzene rings is 1. The fourth-order valence-corrected chi connectivity index (χ4v) is 3.77. The molecule has 0 aliphatic carbocycles. The van der Waals surface area contributed by atoms with Gasteiger partial charge in [-0.1, -0.05) is 43.3 Å². The van der Waals surface area contributed by atoms with Crippen molar-refractivity contribution in [2.24, 2.45) is 0 Å². The molecule has 2 heterocycles. The van der Waals surface area contributed by atoms with Gasteiger partial charge in [-0.05, 0) is 30.0 Å². The van der Waals surface area contributed by atoms with Crippen molar-refractivity contribution in [2.45, 2.75) is 25.3 Å². The summed E-state index contributed by atoms with van der Waals surface area (Å²) in [5, 5.41) is 2.19. The van der Waals surface area contributed by atoms with Crippen LogP contribution in [-0.4, -0.2) is 18.0 Å². The van der Waals surface area contributed by atoms with Crippen LogP contribution in [-0.2, 0) is 12.0 Å². The molecule has 1 fully saturated rings. The van der Waals surface area contributed by atoms with Crippen molar-refractivity contribution in [1.29, 1.82) is 0 Å². The summed E-state index contributed by atoms with van der Waals surface area (Å²) in [6.07, 6.45) is 1.28. The van der Waals surface area contributed by atoms with E-state index in [2.05, 4.69) is 59.7 Å². The average Bonchev–Trinajstić information content (AvgIpc) is 3.01. The summed E-state index contributed by atoms with van der Waals surface area (Å²) < 4.78 is 0. The van der Waals surface area contributed by atoms with E-state index >= 15 is 0 Å². The first kappa shape index (κ1) is 11.9. The summed E-state index contributed by atoms with van der Waals surface area (Å²) in [6, 6.07) is 15.3. The highest BCUT2D eigenvalue weighted by atomic mass is 32.1. The van der Waals surface area contributed by atoms with Gasteiger partial charge >= 0.3 is 0 Å². The Labute approximate surface area is 113 Å². The Morgan fingerprint density at radius 1 is 1.17 bits per heavy atom. The van der Waals surface area contributed by atoms with Gasteiger partial charge in [-0.2, -0.15) is 0 Å². The molecule has 0 spiro atoms. The van der Waals surface area contributed by atoms with Crippen LogP contribution in [0.15, 0.2) is 47.8 Å². The van der Waals surface area contributed by atoms with Crippen molar-refractivity contribution < 1.29 is 0 Å². The Morgan fingerprint density at radius 3 is 2.72 bits per heavy atom. The summed E-state index contributed by atoms with van der Waals surface area (Å²) >= 11 is 1.90. The molecule has 0 N–H and O–H groups in total. The number of hydrogen-bond donors (Lipinski definition) is 0. The topological polar surface area (TPSA) is 3.24 Å². The van der Waals surface area contributed by atoms with E-state index in [-0.39, 0.29) is 0 Å². The second kappa shape index (κ2) is 4.87. The minimum Gasteiger partial charge on any atom is -0.298 e. The van der Waals surface area contributed by atoms with Crippen molar-refractivity contribution >= 4 is 11.3 Å². The lowest BCUT2D eigenvalue weighted by molar-refractivity contribution is 0.310. The van der Waals surface area contributed by atoms with E-state index in [1.165, 1.54) is 30.0 Å². The molecule has 1 aromatic carbocycles. The van der Waals surface area contributed by atoms with Crippen LogP contribution >= 0.6 is 11.3 Å². The fourth-order valence-electron chi connectivity index (χ4n) is 2.86. The maximum Gasteiger partial charge on any atom is 0.0234 e. The van der Waals surface area contributed by atoms with E-state index in [4.69, 9.17) is 0 Å². The number of nitrogens with zero attached hydrogens (tertiary/aromatic N) is 1. The number of rotatable bonds is 3. The minimum atomic E-state index is 0.364. The van der Waals surface area contributed by atoms with Crippen LogP contribution in [0.2, 0.25) is 0 Å². The normalized spacial score (nSPS) is 24.5. The summed E-state index contributed by atoms with van der Waals surface area (Å²) in [5.74, 6) is 0. The maximum atomic E-state index is 2.58. The second-order valence-corrected chi connectivity index (χ2v) is 6.43. The Morgan fingerprint density at radius 2 is 2.00 bits per heavy atom. The molecule has 1 nitrogen and oxygen atoms in total. The van der Waals surface area contributed by atoms with Gasteiger partial charge in [-0.3, -0.25) is 4.90 Å². The molecule has 94 valence electrons. The van der Waals surface area contributed by atoms with E-state index in [9.17, 15) is 0 Å². The third-order valence-corrected chi connectivity index (χ3v) is 5.09. The van der Waals surface area contributed by atoms with Gasteiger partial charge in [-0.15, -0.1) is 11.3 Å². The highest BCUT2D eigenvalue weighted by Gasteiger charge is 2.35. The molecule has 0 saturated carbocycles. The van der Waals surface area contributed by atoms with E-state index in [0.717, 1.165) is 6.54 Å². The van der Waals surface area contributed by atoms with Crippen LogP contribution < -0.4 is 0 Å². The predicted octanol–water partition coefficient (Wildman–Crippen LogP) is 3.91. The van der Waals surface area contributed by atoms with E-state index in [1.54, 1.807) is 0 Å². The maximum absolute atomic E-state index is 2.58. The van der Waals surface area contributed by atoms with Gasteiger partial charge in [0.1, 0.15) is 0 Å². The van der Waals surface area contributed by atoms with Crippen LogP contribution in [0.25, 0.3) is 0 Å². The molecule has 1 atom stereocenters. The van der Waals surface area contributed by atoms with Crippen molar-refractivity contribution in [2.75, 3.05) is 13.1 Å². The van der Waals surface area contributed by atoms with Crippen LogP contribution in [0.3, 0.4) is 0 Å². The molecule has 3 rings (SSSR count). The third-order valence-electron chi connectivity index (χ3n) is 3.92. The van der Waals surface area contributed by atoms with Crippen molar-refractivity contribution in [3.05, 3.63) is 58.3 Å². The summed E-state index contributed by atoms with van der Waals surface area (Å²) in [4.78, 5) is 4.12. The van der Waals surface area contributed by atoms with Crippen molar-refractivity contribution in [1.82, 2.24) is 4.90 Å². The van der Waals surface area contributed by atoms with Gasteiger partial charge in [0.05, 0.1) is 0 Å². The third kappa shape index (κ3) is 2.36. The quantitative estimate of drug-likeness (QED) is 0.806. The van der Waals surface area contributed by atoms with Gasteiger partial charge in [0.25, 0.3) is 0 Å². The SMILES string of the molecule is CC1(c2cccs2)CCN(Cc2ccccc2)C1. The molecule has 1 unspecified atom stereocenters. The smallest absolute Gasteiger partial charge is 0.0234 e. The molecular weight excluding hydrogens is 238 g/mol. The molecule has 0 amide bonds. The number of thiophene rings is 1. The van der Waals surface area contributed by atoms with E-state index in [1.807, 2.05) is 11.3 Å². The molecule has 0 radical (unpaired) electrons. The monoisotopic (exact) mass is 257 g/mol. The summed E-state index contributed by atoms with van der Waals surface area (Å²) in [7, 11) is 0. The molecule has 2 aromatic rings. The molecule has 18 heavy (non-hydrogen) atoms. The molecule has 1 aliphatic heterocycles. The van der Waals surface area contributed by atoms with Crippen LogP contribution in [0.4, 0.5) is 0 Å². The highest BCUT2D eigenvalue weighted by molar-refractivity contribution is 7.10. The Kier molecular flexibility index (Phi) is 3.23. The Balaban J connectivity index is 1.69. The van der Waals surface area contributed by atoms with Gasteiger partial charge in [-0.25, -0.2) is 0 Å². The van der Waals surface area contributed by atoms with E-state index in [0.29, 0.717) is 5.41 Å². The molecule has 2 heteroatoms. The average molecular weight is 257 g/mol. The van der Waals surface area contributed by atoms with Crippen LogP contribution in [0, 0.1) is 0 Å². The van der Waals surface area contributed by atoms with E-state index < -0.39 is 0 Å². The fraction of sp³-hybridized carbons (Fsp3) is 0.375. The zero-order valence-corrected chi connectivity index (χ0v) is 11.6. The highest BCUT2D eigenvalue weighted by Crippen LogP contribution is 2.37. The first-order chi connectivity index (χ1) is 8.76. The predicted molar refractivity (Wildman–Crippen MR) is 78.0 cm³/mol. The minimum absolute atomic E-state index is 0.364. The zero-order chi connectivity index (χ0) is 12.4. The molecule has 1 aliphatic rings. The van der Waals surface area contributed by atoms with Gasteiger partial charge < -0.3 is 0 Å². The van der Waals surface area contributed by atoms with Gasteiger partial charge in [0.2, 0.25) is 0 Å². The van der Waals surface area contributed by atoms with Crippen molar-refractivity contribution in [3.63, 3.8) is 0 Å². The Hall–Kier alpha value is -1.12. The lowest BCUT2D eigenvalue weighted by Crippen LogP contribution is -2.27. The lowest BCUT2D eigenvalue weighted by Gasteiger charge is -2.23. The van der Waals surface area contributed by atoms with Crippen LogP contribution in [0.5, 0.6) is 0 Å². The number of hydrogen-bond acceptors (Lipinski definition) is 2. The summed E-state index contributed by atoms with van der Waals surface area (Å²) in [6.45, 7) is 5.89. The molecular formula is C16H19NS. The first-order valence-electron chi connectivity index (χ1n) is 6.57. The molecule has 1 aromatic heterocycles. The molecule has 0 bridgehead atoms. The lowest BCUT2D eigenvalue weighted by atomic mass is 9.88. The summed E-state index contributed by atoms with van der Waals surface area (Å²) in [5.41, 5.74) is 1.79. The zero-order valence-electron chi connectivity index (χ0n) is 10.8. The second-order valence-electron chi connectivity index (χ2n) is 5.48. The standard InChI is InChI=1S/C16H19NS/c1-16(15-8-5-11-18-15)9-10-17(13-16)12-14-6-3-2-4-7-14/h2-8,11H,9-10,12-13H2,1H3. The van der Waals surface area contributed by atoms with Gasteiger partial charge in [0.15, 0.2) is 0 Å². The van der Waals surface area contributed by atoms with Crippen molar-refractivity contribution in [3.8, 4) is 0 Å². The largest absolute Gasteiger partial charge is 0.298 e. The van der Waals surface area contributed by atoms with Crippen LogP contribution in [0.1, 0.15) is 23.8 Å². The Bertz CT molecular complexity index is 491. The first-order valence-corrected chi connectivity index (χ1v) is 7.44. The number of likely N-dealkylation sites (tertiary alicyclic amines) is 1. The van der Waals surface area contributed by atoms with Gasteiger partial charge in [0, 0.05) is 23.4 Å². The molecule has 1 saturated heterocycles.